The number of fused-ring (bicyclic) bond motifs is 3. The van der Waals surface area contributed by atoms with E-state index in [0.29, 0.717) is 19.1 Å². The lowest BCUT2D eigenvalue weighted by atomic mass is 9.89. The van der Waals surface area contributed by atoms with Crippen LogP contribution in [-0.4, -0.2) is 194 Å². The maximum atomic E-state index is 13.3. The number of amides is 8. The molecule has 8 amide bonds. The Kier molecular flexibility index (Phi) is 28.1. The van der Waals surface area contributed by atoms with Gasteiger partial charge in [-0.25, -0.2) is 19.7 Å². The predicted octanol–water partition coefficient (Wildman–Crippen LogP) is 8.33. The molecular weight excluding hydrogens is 1410 g/mol. The van der Waals surface area contributed by atoms with Crippen molar-refractivity contribution in [1.82, 2.24) is 59.7 Å². The Hall–Kier alpha value is -10.2. The molecule has 12 rings (SSSR count). The third-order valence-electron chi connectivity index (χ3n) is 18.1. The molecular formula is C75H92N18O10S3. The molecule has 0 saturated carbocycles. The molecule has 31 heteroatoms. The number of nitrogens with one attached hydrogen (secondary N) is 4. The molecule has 0 bridgehead atoms. The Labute approximate surface area is 626 Å². The van der Waals surface area contributed by atoms with Gasteiger partial charge >= 0.3 is 35.5 Å². The average Bonchev–Trinajstić information content (AvgIpc) is 1.35. The van der Waals surface area contributed by atoms with Crippen molar-refractivity contribution in [3.8, 4) is 0 Å². The van der Waals surface area contributed by atoms with Gasteiger partial charge in [-0.1, -0.05) is 39.0 Å². The molecule has 0 spiro atoms. The smallest absolute Gasteiger partial charge is 0.394 e. The Morgan fingerprint density at radius 3 is 1.13 bits per heavy atom. The molecule has 0 aliphatic carbocycles. The molecule has 11 N–H and O–H groups in total. The van der Waals surface area contributed by atoms with Crippen molar-refractivity contribution < 1.29 is 48.3 Å². The number of nitrogens with two attached hydrogens (primary N) is 3. The van der Waals surface area contributed by atoms with Gasteiger partial charge in [0.25, 0.3) is 0 Å². The molecule has 3 aliphatic heterocycles. The summed E-state index contributed by atoms with van der Waals surface area (Å²) in [7, 11) is 12.4. The molecule has 560 valence electrons. The number of hydrogen-bond acceptors (Lipinski definition) is 22. The normalized spacial score (nSPS) is 17.8. The number of carboxylic acid groups (broad SMARTS) is 1. The number of pyridine rings is 3. The van der Waals surface area contributed by atoms with E-state index in [1.54, 1.807) is 32.5 Å². The number of carbonyl (C=O) groups is 9. The number of aromatic nitrogens is 6. The molecule has 9 aromatic rings. The van der Waals surface area contributed by atoms with Crippen molar-refractivity contribution in [3.63, 3.8) is 0 Å². The van der Waals surface area contributed by atoms with Crippen LogP contribution in [0.4, 0.5) is 17.1 Å². The van der Waals surface area contributed by atoms with Crippen LogP contribution < -0.4 is 38.5 Å². The van der Waals surface area contributed by atoms with Crippen LogP contribution in [0.2, 0.25) is 0 Å². The van der Waals surface area contributed by atoms with Crippen LogP contribution in [0.3, 0.4) is 0 Å². The van der Waals surface area contributed by atoms with E-state index in [0.717, 1.165) is 119 Å². The fourth-order valence-corrected chi connectivity index (χ4v) is 15.2. The van der Waals surface area contributed by atoms with Crippen molar-refractivity contribution in [1.29, 1.82) is 0 Å². The van der Waals surface area contributed by atoms with Gasteiger partial charge in [-0.2, -0.15) is 0 Å². The summed E-state index contributed by atoms with van der Waals surface area (Å²) in [6.45, 7) is 11.5. The minimum atomic E-state index is -1.63. The number of primary amides is 3. The molecule has 0 radical (unpaired) electrons. The third kappa shape index (κ3) is 22.4. The molecule has 106 heavy (non-hydrogen) atoms. The number of carboxylic acids is 1. The summed E-state index contributed by atoms with van der Waals surface area (Å²) in [5.41, 5.74) is 22.9. The molecule has 3 saturated heterocycles. The highest BCUT2D eigenvalue weighted by Crippen LogP contribution is 2.38. The summed E-state index contributed by atoms with van der Waals surface area (Å²) in [6, 6.07) is 23.2. The summed E-state index contributed by atoms with van der Waals surface area (Å²) in [5.74, 6) is -6.27. The van der Waals surface area contributed by atoms with E-state index in [-0.39, 0.29) is 57.7 Å². The van der Waals surface area contributed by atoms with Crippen LogP contribution in [0.1, 0.15) is 140 Å². The van der Waals surface area contributed by atoms with Gasteiger partial charge < -0.3 is 68.1 Å². The minimum Gasteiger partial charge on any atom is -0.474 e. The van der Waals surface area contributed by atoms with E-state index in [1.165, 1.54) is 89.0 Å². The first-order chi connectivity index (χ1) is 50.5. The number of likely N-dealkylation sites (N-methyl/N-ethyl adjacent to an activating group) is 3. The maximum Gasteiger partial charge on any atom is 0.394 e. The van der Waals surface area contributed by atoms with Crippen LogP contribution in [0, 0.1) is 17.8 Å². The van der Waals surface area contributed by atoms with Crippen LogP contribution in [0.15, 0.2) is 110 Å². The topological polar surface area (TPSA) is 394 Å². The van der Waals surface area contributed by atoms with Crippen molar-refractivity contribution in [3.05, 3.63) is 158 Å². The monoisotopic (exact) mass is 1500 g/mol. The van der Waals surface area contributed by atoms with E-state index in [9.17, 15) is 43.2 Å². The number of hydrogen-bond donors (Lipinski definition) is 8. The number of aliphatic carboxylic acids is 1. The number of thiazole rings is 3. The zero-order valence-electron chi connectivity index (χ0n) is 61.0. The molecule has 6 aromatic heterocycles. The SMILES string of the molecule is C[C@@H]1CC[C@@H](c2ccc3sc(CCN(C)C)nc3c2)N(C(=O)C(=O)Nc2cncc(C(N)=O)c2)C1.C[C@@H]1CC[C@@H](c2ccc3sc(CCN(C)C)nc3c2)NC1.C[C@H]1CC[C@H](c2ccc3sc(CCN(C)C)nc3c2)N(C(=O)C(=O)Nc2cncc(C(N)=O)c2)C1.NC(=O)c1cncc(NC(=O)C(=O)O)c1. The molecule has 6 atom stereocenters. The summed E-state index contributed by atoms with van der Waals surface area (Å²) < 4.78 is 3.55. The second-order valence-corrected chi connectivity index (χ2v) is 31.1. The highest BCUT2D eigenvalue weighted by atomic mass is 32.1. The van der Waals surface area contributed by atoms with Gasteiger partial charge in [0.15, 0.2) is 0 Å². The Morgan fingerprint density at radius 2 is 0.802 bits per heavy atom. The summed E-state index contributed by atoms with van der Waals surface area (Å²) >= 11 is 5.22. The first-order valence-corrected chi connectivity index (χ1v) is 37.4. The quantitative estimate of drug-likeness (QED) is 0.0374. The summed E-state index contributed by atoms with van der Waals surface area (Å²) in [5, 5.41) is 22.5. The largest absolute Gasteiger partial charge is 0.474 e. The fourth-order valence-electron chi connectivity index (χ4n) is 12.4. The van der Waals surface area contributed by atoms with Crippen molar-refractivity contribution in [2.45, 2.75) is 96.7 Å². The first kappa shape index (κ1) is 80.0. The number of benzene rings is 3. The standard InChI is InChI=1S/2C25H30N6O3S.C17H25N3S.C8H7N3O4/c2*1-15-4-6-20(16-5-7-21-19(11-16)29-22(35-21)8-9-30(2)3)31(14-15)25(34)24(33)28-18-10-17(23(26)32)12-27-13-18;1-12-4-6-14(18-11-12)13-5-7-16-15(10-13)19-17(21-16)8-9-20(2)3;9-6(12)4-1-5(3-10-2-4)11-7(13)8(14)15/h2*5,7,10-13,15,20H,4,6,8-9,14H2,1-3H3,(H2,26,32)(H,28,33);5,7,10,12,14,18H,4,6,8-9,11H2,1-3H3;1-3H,(H2,9,12)(H,11,13)(H,14,15)/t2*15-,20+;12-,14+;/m101./s1. The Morgan fingerprint density at radius 1 is 0.462 bits per heavy atom. The van der Waals surface area contributed by atoms with Crippen LogP contribution in [-0.2, 0) is 48.0 Å². The summed E-state index contributed by atoms with van der Waals surface area (Å²) in [6.07, 6.45) is 16.6. The lowest BCUT2D eigenvalue weighted by Gasteiger charge is -2.38. The second kappa shape index (κ2) is 37.2. The lowest BCUT2D eigenvalue weighted by molar-refractivity contribution is -0.147. The van der Waals surface area contributed by atoms with E-state index in [4.69, 9.17) is 37.3 Å². The maximum absolute atomic E-state index is 13.3. The molecule has 3 fully saturated rings. The molecule has 28 nitrogen and oxygen atoms in total. The predicted molar refractivity (Wildman–Crippen MR) is 412 cm³/mol. The summed E-state index contributed by atoms with van der Waals surface area (Å²) in [4.78, 5) is 142. The zero-order valence-corrected chi connectivity index (χ0v) is 63.4. The number of anilines is 3. The number of nitrogens with zero attached hydrogens (tertiary/aromatic N) is 11. The van der Waals surface area contributed by atoms with E-state index >= 15 is 0 Å². The molecule has 9 heterocycles. The van der Waals surface area contributed by atoms with Crippen LogP contribution in [0.25, 0.3) is 30.6 Å². The van der Waals surface area contributed by atoms with Crippen LogP contribution in [0.5, 0.6) is 0 Å². The van der Waals surface area contributed by atoms with Crippen molar-refractivity contribution >= 4 is 135 Å². The lowest BCUT2D eigenvalue weighted by Crippen LogP contribution is -2.46. The van der Waals surface area contributed by atoms with Crippen LogP contribution >= 0.6 is 34.0 Å². The number of piperidine rings is 3. The molecule has 0 unspecified atom stereocenters. The molecule has 3 aliphatic rings. The van der Waals surface area contributed by atoms with Gasteiger partial charge in [0.05, 0.1) is 110 Å². The van der Waals surface area contributed by atoms with E-state index < -0.39 is 53.2 Å². The van der Waals surface area contributed by atoms with Gasteiger partial charge in [-0.15, -0.1) is 34.0 Å². The second-order valence-electron chi connectivity index (χ2n) is 27.8. The van der Waals surface area contributed by atoms with E-state index in [2.05, 4.69) is 111 Å². The highest BCUT2D eigenvalue weighted by molar-refractivity contribution is 7.19. The fraction of sp³-hybridized carbons (Fsp3) is 0.400. The number of rotatable bonds is 18. The average molecular weight is 1500 g/mol. The first-order valence-electron chi connectivity index (χ1n) is 34.9. The molecule has 3 aromatic carbocycles. The minimum absolute atomic E-state index is 0.0817. The Balaban J connectivity index is 0.000000172. The van der Waals surface area contributed by atoms with Gasteiger partial charge in [0.2, 0.25) is 17.7 Å². The Bertz CT molecular complexity index is 4450. The van der Waals surface area contributed by atoms with Gasteiger partial charge in [-0.05, 0) is 176 Å². The van der Waals surface area contributed by atoms with Gasteiger partial charge in [0, 0.05) is 76.6 Å². The van der Waals surface area contributed by atoms with Crippen molar-refractivity contribution in [2.75, 3.05) is 97.5 Å². The third-order valence-corrected chi connectivity index (χ3v) is 21.4. The van der Waals surface area contributed by atoms with Gasteiger partial charge in [-0.3, -0.25) is 53.3 Å². The highest BCUT2D eigenvalue weighted by Gasteiger charge is 2.37. The van der Waals surface area contributed by atoms with E-state index in [1.807, 2.05) is 69.1 Å². The number of likely N-dealkylation sites (tertiary alicyclic amines) is 2. The number of carbonyl (C=O) groups excluding carboxylic acids is 8. The zero-order chi connectivity index (χ0) is 76.5. The van der Waals surface area contributed by atoms with Crippen molar-refractivity contribution in [2.24, 2.45) is 35.0 Å². The van der Waals surface area contributed by atoms with Gasteiger partial charge in [0.1, 0.15) is 0 Å².